The minimum Gasteiger partial charge on any atom is -0.349 e. The van der Waals surface area contributed by atoms with Gasteiger partial charge in [0, 0.05) is 18.3 Å². The summed E-state index contributed by atoms with van der Waals surface area (Å²) in [7, 11) is -3.11. The van der Waals surface area contributed by atoms with Crippen molar-refractivity contribution in [1.29, 1.82) is 0 Å². The van der Waals surface area contributed by atoms with Gasteiger partial charge >= 0.3 is 9.05 Å². The van der Waals surface area contributed by atoms with Gasteiger partial charge in [0.15, 0.2) is 0 Å². The molecule has 0 saturated heterocycles. The fourth-order valence-corrected chi connectivity index (χ4v) is 3.79. The standard InChI is InChI=1S/C13H28O4Si/c1-10(2)9-14-18(15-11(3)4,16-12(5)6)17-13(7)8/h11-13H,1,9H2,2-8H3. The molecule has 0 heterocycles. The molecule has 5 heteroatoms. The van der Waals surface area contributed by atoms with E-state index in [4.69, 9.17) is 17.7 Å². The summed E-state index contributed by atoms with van der Waals surface area (Å²) in [5.74, 6) is 0. The van der Waals surface area contributed by atoms with Crippen molar-refractivity contribution in [3.05, 3.63) is 12.2 Å². The quantitative estimate of drug-likeness (QED) is 0.478. The van der Waals surface area contributed by atoms with E-state index >= 15 is 0 Å². The summed E-state index contributed by atoms with van der Waals surface area (Å²) in [6.07, 6.45) is -0.0436. The molecule has 0 amide bonds. The number of hydrogen-bond acceptors (Lipinski definition) is 4. The van der Waals surface area contributed by atoms with Crippen LogP contribution in [0.15, 0.2) is 12.2 Å². The lowest BCUT2D eigenvalue weighted by molar-refractivity contribution is -0.0713. The molecule has 18 heavy (non-hydrogen) atoms. The Balaban J connectivity index is 4.91. The smallest absolute Gasteiger partial charge is 0.349 e. The molecule has 0 aromatic heterocycles. The lowest BCUT2D eigenvalue weighted by Gasteiger charge is -2.32. The van der Waals surface area contributed by atoms with E-state index in [1.807, 2.05) is 48.5 Å². The van der Waals surface area contributed by atoms with Gasteiger partial charge in [-0.3, -0.25) is 0 Å². The van der Waals surface area contributed by atoms with Gasteiger partial charge in [-0.15, -0.1) is 0 Å². The Morgan fingerprint density at radius 3 is 1.44 bits per heavy atom. The van der Waals surface area contributed by atoms with E-state index in [0.29, 0.717) is 6.61 Å². The van der Waals surface area contributed by atoms with Gasteiger partial charge in [0.1, 0.15) is 0 Å². The Bertz CT molecular complexity index is 225. The summed E-state index contributed by atoms with van der Waals surface area (Å²) in [4.78, 5) is 0. The third-order valence-corrected chi connectivity index (χ3v) is 4.41. The maximum atomic E-state index is 5.84. The minimum atomic E-state index is -3.11. The van der Waals surface area contributed by atoms with Crippen molar-refractivity contribution in [1.82, 2.24) is 0 Å². The molecule has 0 atom stereocenters. The SMILES string of the molecule is C=C(C)CO[Si](OC(C)C)(OC(C)C)OC(C)C. The second kappa shape index (κ2) is 8.07. The van der Waals surface area contributed by atoms with Gasteiger partial charge in [-0.2, -0.15) is 0 Å². The predicted molar refractivity (Wildman–Crippen MR) is 75.2 cm³/mol. The molecule has 0 unspecified atom stereocenters. The van der Waals surface area contributed by atoms with Gasteiger partial charge in [0.2, 0.25) is 0 Å². The topological polar surface area (TPSA) is 36.9 Å². The molecular weight excluding hydrogens is 248 g/mol. The molecule has 0 radical (unpaired) electrons. The van der Waals surface area contributed by atoms with Crippen LogP contribution in [0.3, 0.4) is 0 Å². The molecule has 0 aliphatic carbocycles. The molecule has 0 rings (SSSR count). The van der Waals surface area contributed by atoms with Crippen LogP contribution in [0.5, 0.6) is 0 Å². The third-order valence-electron chi connectivity index (χ3n) is 1.64. The van der Waals surface area contributed by atoms with Crippen LogP contribution in [-0.4, -0.2) is 34.0 Å². The van der Waals surface area contributed by atoms with Crippen molar-refractivity contribution < 1.29 is 17.7 Å². The highest BCUT2D eigenvalue weighted by Gasteiger charge is 2.48. The lowest BCUT2D eigenvalue weighted by atomic mass is 10.4. The highest BCUT2D eigenvalue weighted by Crippen LogP contribution is 2.19. The number of rotatable bonds is 9. The number of hydrogen-bond donors (Lipinski definition) is 0. The molecule has 0 spiro atoms. The van der Waals surface area contributed by atoms with Crippen molar-refractivity contribution in [2.45, 2.75) is 66.8 Å². The maximum absolute atomic E-state index is 5.84. The fourth-order valence-electron chi connectivity index (χ4n) is 1.26. The van der Waals surface area contributed by atoms with Crippen LogP contribution in [0, 0.1) is 0 Å². The van der Waals surface area contributed by atoms with Crippen LogP contribution in [0.25, 0.3) is 0 Å². The van der Waals surface area contributed by atoms with Crippen molar-refractivity contribution >= 4 is 9.05 Å². The first-order valence-corrected chi connectivity index (χ1v) is 8.12. The van der Waals surface area contributed by atoms with Crippen molar-refractivity contribution in [2.75, 3.05) is 6.61 Å². The van der Waals surface area contributed by atoms with Crippen molar-refractivity contribution in [3.63, 3.8) is 0 Å². The normalized spacial score (nSPS) is 12.8. The first kappa shape index (κ1) is 17.8. The lowest BCUT2D eigenvalue weighted by Crippen LogP contribution is -2.53. The Kier molecular flexibility index (Phi) is 7.97. The monoisotopic (exact) mass is 276 g/mol. The second-order valence-corrected chi connectivity index (χ2v) is 7.24. The minimum absolute atomic E-state index is 0.0145. The highest BCUT2D eigenvalue weighted by molar-refractivity contribution is 6.53. The molecule has 4 nitrogen and oxygen atoms in total. The molecule has 0 aromatic carbocycles. The summed E-state index contributed by atoms with van der Waals surface area (Å²) in [6.45, 7) is 17.8. The zero-order chi connectivity index (χ0) is 14.3. The third kappa shape index (κ3) is 8.00. The summed E-state index contributed by atoms with van der Waals surface area (Å²) >= 11 is 0. The van der Waals surface area contributed by atoms with Gasteiger partial charge in [0.25, 0.3) is 0 Å². The van der Waals surface area contributed by atoms with Gasteiger partial charge in [-0.1, -0.05) is 12.2 Å². The van der Waals surface area contributed by atoms with Gasteiger partial charge in [-0.05, 0) is 48.5 Å². The molecule has 0 aliphatic heterocycles. The van der Waals surface area contributed by atoms with E-state index in [0.717, 1.165) is 5.57 Å². The van der Waals surface area contributed by atoms with Crippen LogP contribution in [0.4, 0.5) is 0 Å². The van der Waals surface area contributed by atoms with E-state index < -0.39 is 9.05 Å². The Morgan fingerprint density at radius 2 is 1.22 bits per heavy atom. The molecule has 0 bridgehead atoms. The van der Waals surface area contributed by atoms with Crippen LogP contribution in [0.2, 0.25) is 0 Å². The van der Waals surface area contributed by atoms with E-state index in [2.05, 4.69) is 6.58 Å². The van der Waals surface area contributed by atoms with E-state index in [1.54, 1.807) is 0 Å². The van der Waals surface area contributed by atoms with Crippen LogP contribution >= 0.6 is 0 Å². The highest BCUT2D eigenvalue weighted by atomic mass is 28.4. The zero-order valence-electron chi connectivity index (χ0n) is 12.8. The average molecular weight is 276 g/mol. The zero-order valence-corrected chi connectivity index (χ0v) is 13.8. The first-order valence-electron chi connectivity index (χ1n) is 6.48. The Labute approximate surface area is 113 Å². The second-order valence-electron chi connectivity index (χ2n) is 5.25. The Morgan fingerprint density at radius 1 is 0.889 bits per heavy atom. The molecule has 0 fully saturated rings. The Hall–Kier alpha value is -0.203. The molecule has 0 saturated carbocycles. The summed E-state index contributed by atoms with van der Waals surface area (Å²) in [5.41, 5.74) is 0.916. The maximum Gasteiger partial charge on any atom is 0.680 e. The van der Waals surface area contributed by atoms with Gasteiger partial charge < -0.3 is 17.7 Å². The van der Waals surface area contributed by atoms with Gasteiger partial charge in [0.05, 0.1) is 6.61 Å². The fraction of sp³-hybridized carbons (Fsp3) is 0.846. The van der Waals surface area contributed by atoms with Crippen molar-refractivity contribution in [3.8, 4) is 0 Å². The van der Waals surface area contributed by atoms with E-state index in [-0.39, 0.29) is 18.3 Å². The van der Waals surface area contributed by atoms with E-state index in [1.165, 1.54) is 0 Å². The molecular formula is C13H28O4Si. The van der Waals surface area contributed by atoms with Crippen LogP contribution < -0.4 is 0 Å². The van der Waals surface area contributed by atoms with Crippen molar-refractivity contribution in [2.24, 2.45) is 0 Å². The van der Waals surface area contributed by atoms with E-state index in [9.17, 15) is 0 Å². The average Bonchev–Trinajstić information content (AvgIpc) is 2.11. The molecule has 0 aromatic rings. The summed E-state index contributed by atoms with van der Waals surface area (Å²) in [5, 5.41) is 0. The molecule has 0 N–H and O–H groups in total. The molecule has 0 aliphatic rings. The molecule has 108 valence electrons. The van der Waals surface area contributed by atoms with Crippen LogP contribution in [0.1, 0.15) is 48.5 Å². The first-order chi connectivity index (χ1) is 8.17. The largest absolute Gasteiger partial charge is 0.680 e. The summed E-state index contributed by atoms with van der Waals surface area (Å²) < 4.78 is 23.3. The summed E-state index contributed by atoms with van der Waals surface area (Å²) in [6, 6.07) is 0. The predicted octanol–water partition coefficient (Wildman–Crippen LogP) is 3.29. The van der Waals surface area contributed by atoms with Gasteiger partial charge in [-0.25, -0.2) is 0 Å². The van der Waals surface area contributed by atoms with Crippen LogP contribution in [-0.2, 0) is 17.7 Å².